The zero-order chi connectivity index (χ0) is 14.9. The first-order valence-corrected chi connectivity index (χ1v) is 7.92. The van der Waals surface area contributed by atoms with E-state index in [4.69, 9.17) is 11.5 Å². The first kappa shape index (κ1) is 14.8. The van der Waals surface area contributed by atoms with Gasteiger partial charge < -0.3 is 11.5 Å². The lowest BCUT2D eigenvalue weighted by atomic mass is 9.98. The van der Waals surface area contributed by atoms with Gasteiger partial charge in [-0.15, -0.1) is 0 Å². The molecule has 1 saturated heterocycles. The van der Waals surface area contributed by atoms with Crippen LogP contribution in [-0.4, -0.2) is 31.7 Å². The average molecular weight is 297 g/mol. The third kappa shape index (κ3) is 2.78. The number of hydrogen-bond donors (Lipinski definition) is 2. The van der Waals surface area contributed by atoms with E-state index < -0.39 is 10.0 Å². The molecule has 0 atom stereocenters. The number of nitrogens with two attached hydrogens (primary N) is 2. The lowest BCUT2D eigenvalue weighted by Crippen LogP contribution is -2.41. The Kier molecular flexibility index (Phi) is 4.01. The van der Waals surface area contributed by atoms with Gasteiger partial charge >= 0.3 is 0 Å². The Morgan fingerprint density at radius 1 is 1.30 bits per heavy atom. The number of primary amides is 1. The number of benzene rings is 1. The SMILES string of the molecule is Cc1cc(N)ccc1S(=O)(=O)N1CCC(C(N)=O)CC1. The molecule has 6 nitrogen and oxygen atoms in total. The second-order valence-corrected chi connectivity index (χ2v) is 7.01. The molecule has 1 fully saturated rings. The molecule has 0 spiro atoms. The second-order valence-electron chi connectivity index (χ2n) is 5.11. The zero-order valence-electron chi connectivity index (χ0n) is 11.4. The van der Waals surface area contributed by atoms with Crippen LogP contribution in [0.2, 0.25) is 0 Å². The molecule has 4 N–H and O–H groups in total. The minimum absolute atomic E-state index is 0.228. The largest absolute Gasteiger partial charge is 0.399 e. The molecule has 1 amide bonds. The van der Waals surface area contributed by atoms with Gasteiger partial charge in [0.1, 0.15) is 0 Å². The Morgan fingerprint density at radius 3 is 2.40 bits per heavy atom. The van der Waals surface area contributed by atoms with Crippen LogP contribution in [0.5, 0.6) is 0 Å². The number of hydrogen-bond acceptors (Lipinski definition) is 4. The molecule has 1 aliphatic rings. The molecule has 0 aliphatic carbocycles. The number of carbonyl (C=O) groups is 1. The Hall–Kier alpha value is -1.60. The van der Waals surface area contributed by atoms with Gasteiger partial charge in [0.2, 0.25) is 15.9 Å². The van der Waals surface area contributed by atoms with Crippen molar-refractivity contribution in [1.82, 2.24) is 4.31 Å². The summed E-state index contributed by atoms with van der Waals surface area (Å²) in [5, 5.41) is 0. The monoisotopic (exact) mass is 297 g/mol. The predicted octanol–water partition coefficient (Wildman–Crippen LogP) is 0.463. The van der Waals surface area contributed by atoms with E-state index in [1.807, 2.05) is 0 Å². The van der Waals surface area contributed by atoms with Crippen LogP contribution in [0.25, 0.3) is 0 Å². The van der Waals surface area contributed by atoms with Crippen molar-refractivity contribution in [2.45, 2.75) is 24.7 Å². The minimum atomic E-state index is -3.53. The van der Waals surface area contributed by atoms with E-state index in [2.05, 4.69) is 0 Å². The summed E-state index contributed by atoms with van der Waals surface area (Å²) in [5.74, 6) is -0.584. The summed E-state index contributed by atoms with van der Waals surface area (Å²) in [4.78, 5) is 11.4. The van der Waals surface area contributed by atoms with Gasteiger partial charge in [0.05, 0.1) is 4.90 Å². The summed E-state index contributed by atoms with van der Waals surface area (Å²) in [6.07, 6.45) is 0.950. The molecular formula is C13H19N3O3S. The van der Waals surface area contributed by atoms with Crippen molar-refractivity contribution in [2.24, 2.45) is 11.7 Å². The van der Waals surface area contributed by atoms with E-state index in [1.54, 1.807) is 19.1 Å². The molecule has 7 heteroatoms. The van der Waals surface area contributed by atoms with E-state index >= 15 is 0 Å². The minimum Gasteiger partial charge on any atom is -0.399 e. The fourth-order valence-corrected chi connectivity index (χ4v) is 4.16. The van der Waals surface area contributed by atoms with Crippen LogP contribution in [0.1, 0.15) is 18.4 Å². The van der Waals surface area contributed by atoms with Crippen molar-refractivity contribution in [3.8, 4) is 0 Å². The van der Waals surface area contributed by atoms with Crippen molar-refractivity contribution >= 4 is 21.6 Å². The molecule has 1 heterocycles. The topological polar surface area (TPSA) is 106 Å². The van der Waals surface area contributed by atoms with E-state index in [-0.39, 0.29) is 16.7 Å². The number of amides is 1. The van der Waals surface area contributed by atoms with Crippen LogP contribution < -0.4 is 11.5 Å². The van der Waals surface area contributed by atoms with E-state index in [0.717, 1.165) is 0 Å². The second kappa shape index (κ2) is 5.41. The van der Waals surface area contributed by atoms with Crippen LogP contribution in [0.15, 0.2) is 23.1 Å². The van der Waals surface area contributed by atoms with Gasteiger partial charge in [-0.2, -0.15) is 4.31 Å². The summed E-state index contributed by atoms with van der Waals surface area (Å²) < 4.78 is 26.5. The third-order valence-electron chi connectivity index (χ3n) is 3.67. The Labute approximate surface area is 118 Å². The molecule has 20 heavy (non-hydrogen) atoms. The summed E-state index contributed by atoms with van der Waals surface area (Å²) in [6.45, 7) is 2.36. The van der Waals surface area contributed by atoms with Gasteiger partial charge in [-0.1, -0.05) is 0 Å². The molecule has 1 aromatic rings. The number of anilines is 1. The highest BCUT2D eigenvalue weighted by Crippen LogP contribution is 2.26. The summed E-state index contributed by atoms with van der Waals surface area (Å²) in [5.41, 5.74) is 12.1. The molecule has 110 valence electrons. The van der Waals surface area contributed by atoms with Gasteiger partial charge in [0, 0.05) is 24.7 Å². The van der Waals surface area contributed by atoms with Gasteiger partial charge in [-0.05, 0) is 43.5 Å². The molecule has 1 aromatic carbocycles. The number of carbonyl (C=O) groups excluding carboxylic acids is 1. The maximum absolute atomic E-state index is 12.6. The Bertz CT molecular complexity index is 620. The molecular weight excluding hydrogens is 278 g/mol. The highest BCUT2D eigenvalue weighted by atomic mass is 32.2. The smallest absolute Gasteiger partial charge is 0.243 e. The molecule has 0 radical (unpaired) electrons. The number of nitrogen functional groups attached to an aromatic ring is 1. The molecule has 0 unspecified atom stereocenters. The zero-order valence-corrected chi connectivity index (χ0v) is 12.2. The van der Waals surface area contributed by atoms with Gasteiger partial charge in [0.15, 0.2) is 0 Å². The van der Waals surface area contributed by atoms with Gasteiger partial charge in [0.25, 0.3) is 0 Å². The molecule has 2 rings (SSSR count). The Morgan fingerprint density at radius 2 is 1.90 bits per heavy atom. The molecule has 0 bridgehead atoms. The highest BCUT2D eigenvalue weighted by molar-refractivity contribution is 7.89. The van der Waals surface area contributed by atoms with Crippen LogP contribution in [0, 0.1) is 12.8 Å². The number of piperidine rings is 1. The van der Waals surface area contributed by atoms with Crippen molar-refractivity contribution in [2.75, 3.05) is 18.8 Å². The molecule has 1 aliphatic heterocycles. The van der Waals surface area contributed by atoms with Crippen molar-refractivity contribution in [3.63, 3.8) is 0 Å². The number of rotatable bonds is 3. The first-order chi connectivity index (χ1) is 9.32. The lowest BCUT2D eigenvalue weighted by Gasteiger charge is -2.30. The van der Waals surface area contributed by atoms with Crippen LogP contribution >= 0.6 is 0 Å². The average Bonchev–Trinajstić information content (AvgIpc) is 2.38. The lowest BCUT2D eigenvalue weighted by molar-refractivity contribution is -0.122. The first-order valence-electron chi connectivity index (χ1n) is 6.48. The molecule has 0 saturated carbocycles. The van der Waals surface area contributed by atoms with Crippen LogP contribution in [0.3, 0.4) is 0 Å². The fourth-order valence-electron chi connectivity index (χ4n) is 2.48. The standard InChI is InChI=1S/C13H19N3O3S/c1-9-8-11(14)2-3-12(9)20(18,19)16-6-4-10(5-7-16)13(15)17/h2-3,8,10H,4-7,14H2,1H3,(H2,15,17). The highest BCUT2D eigenvalue weighted by Gasteiger charge is 2.31. The van der Waals surface area contributed by atoms with Gasteiger partial charge in [-0.25, -0.2) is 8.42 Å². The maximum atomic E-state index is 12.6. The summed E-state index contributed by atoms with van der Waals surface area (Å²) >= 11 is 0. The fraction of sp³-hybridized carbons (Fsp3) is 0.462. The van der Waals surface area contributed by atoms with E-state index in [1.165, 1.54) is 10.4 Å². The predicted molar refractivity (Wildman–Crippen MR) is 76.3 cm³/mol. The normalized spacial score (nSPS) is 18.1. The third-order valence-corrected chi connectivity index (χ3v) is 5.73. The number of aryl methyl sites for hydroxylation is 1. The van der Waals surface area contributed by atoms with E-state index in [0.29, 0.717) is 37.2 Å². The summed E-state index contributed by atoms with van der Waals surface area (Å²) in [6, 6.07) is 4.75. The number of nitrogens with zero attached hydrogens (tertiary/aromatic N) is 1. The van der Waals surface area contributed by atoms with Crippen molar-refractivity contribution < 1.29 is 13.2 Å². The quantitative estimate of drug-likeness (QED) is 0.790. The molecule has 0 aromatic heterocycles. The Balaban J connectivity index is 2.22. The van der Waals surface area contributed by atoms with Crippen molar-refractivity contribution in [3.05, 3.63) is 23.8 Å². The maximum Gasteiger partial charge on any atom is 0.243 e. The van der Waals surface area contributed by atoms with Crippen LogP contribution in [-0.2, 0) is 14.8 Å². The van der Waals surface area contributed by atoms with Crippen molar-refractivity contribution in [1.29, 1.82) is 0 Å². The van der Waals surface area contributed by atoms with Gasteiger partial charge in [-0.3, -0.25) is 4.79 Å². The summed E-state index contributed by atoms with van der Waals surface area (Å²) in [7, 11) is -3.53. The number of sulfonamides is 1. The van der Waals surface area contributed by atoms with E-state index in [9.17, 15) is 13.2 Å². The van der Waals surface area contributed by atoms with Crippen LogP contribution in [0.4, 0.5) is 5.69 Å².